The van der Waals surface area contributed by atoms with Crippen LogP contribution in [0, 0.1) is 0 Å². The number of unbranched alkanes of at least 4 members (excludes halogenated alkanes) is 11. The quantitative estimate of drug-likeness (QED) is 0.179. The summed E-state index contributed by atoms with van der Waals surface area (Å²) in [6, 6.07) is 0.0536. The second-order valence-electron chi connectivity index (χ2n) is 10.6. The Labute approximate surface area is 204 Å². The molecule has 192 valence electrons. The van der Waals surface area contributed by atoms with Crippen LogP contribution in [0.25, 0.3) is 0 Å². The van der Waals surface area contributed by atoms with E-state index >= 15 is 0 Å². The van der Waals surface area contributed by atoms with E-state index in [1.807, 2.05) is 20.8 Å². The number of ether oxygens (including phenoxy) is 1. The SMILES string of the molecule is CCCCCCCCC=CCCCCCCCC(=O)NCC1CCCN1C(=O)OC(C)(C)C. The molecule has 0 bridgehead atoms. The number of rotatable bonds is 17. The predicted molar refractivity (Wildman–Crippen MR) is 138 cm³/mol. The molecule has 0 aromatic carbocycles. The van der Waals surface area contributed by atoms with Gasteiger partial charge in [0.1, 0.15) is 5.60 Å². The highest BCUT2D eigenvalue weighted by atomic mass is 16.6. The van der Waals surface area contributed by atoms with Crippen molar-refractivity contribution in [1.29, 1.82) is 0 Å². The average Bonchev–Trinajstić information content (AvgIpc) is 3.23. The summed E-state index contributed by atoms with van der Waals surface area (Å²) in [6.45, 7) is 9.15. The van der Waals surface area contributed by atoms with Gasteiger partial charge in [0.05, 0.1) is 6.04 Å². The number of amides is 2. The van der Waals surface area contributed by atoms with Crippen molar-refractivity contribution in [3.63, 3.8) is 0 Å². The van der Waals surface area contributed by atoms with Crippen molar-refractivity contribution in [3.8, 4) is 0 Å². The number of carbonyl (C=O) groups is 2. The summed E-state index contributed by atoms with van der Waals surface area (Å²) in [4.78, 5) is 26.3. The summed E-state index contributed by atoms with van der Waals surface area (Å²) in [5.74, 6) is 0.101. The molecular formula is C28H52N2O3. The molecule has 1 aliphatic rings. The molecule has 0 radical (unpaired) electrons. The first kappa shape index (κ1) is 29.5. The number of hydrogen-bond donors (Lipinski definition) is 1. The zero-order valence-corrected chi connectivity index (χ0v) is 22.1. The molecule has 2 amide bonds. The van der Waals surface area contributed by atoms with Crippen LogP contribution in [0.4, 0.5) is 4.79 Å². The molecule has 5 nitrogen and oxygen atoms in total. The Kier molecular flexibility index (Phi) is 16.0. The monoisotopic (exact) mass is 464 g/mol. The van der Waals surface area contributed by atoms with Crippen LogP contribution in [0.3, 0.4) is 0 Å². The topological polar surface area (TPSA) is 58.6 Å². The van der Waals surface area contributed by atoms with Crippen LogP contribution in [-0.4, -0.2) is 41.6 Å². The molecule has 0 aromatic rings. The van der Waals surface area contributed by atoms with E-state index in [1.54, 1.807) is 4.90 Å². The number of nitrogens with zero attached hydrogens (tertiary/aromatic N) is 1. The minimum absolute atomic E-state index is 0.0536. The fourth-order valence-corrected chi connectivity index (χ4v) is 4.29. The second kappa shape index (κ2) is 17.9. The van der Waals surface area contributed by atoms with Crippen LogP contribution < -0.4 is 5.32 Å². The van der Waals surface area contributed by atoms with Crippen molar-refractivity contribution < 1.29 is 14.3 Å². The number of nitrogens with one attached hydrogen (secondary N) is 1. The Balaban J connectivity index is 1.98. The maximum atomic E-state index is 12.3. The van der Waals surface area contributed by atoms with E-state index in [1.165, 1.54) is 70.6 Å². The maximum Gasteiger partial charge on any atom is 0.410 e. The van der Waals surface area contributed by atoms with Crippen molar-refractivity contribution in [2.45, 2.75) is 142 Å². The lowest BCUT2D eigenvalue weighted by molar-refractivity contribution is -0.121. The van der Waals surface area contributed by atoms with Crippen LogP contribution in [0.2, 0.25) is 0 Å². The number of likely N-dealkylation sites (tertiary alicyclic amines) is 1. The molecule has 33 heavy (non-hydrogen) atoms. The van der Waals surface area contributed by atoms with Gasteiger partial charge in [-0.2, -0.15) is 0 Å². The second-order valence-corrected chi connectivity index (χ2v) is 10.6. The van der Waals surface area contributed by atoms with Crippen LogP contribution in [0.5, 0.6) is 0 Å². The van der Waals surface area contributed by atoms with Gasteiger partial charge in [-0.1, -0.05) is 70.4 Å². The number of hydrogen-bond acceptors (Lipinski definition) is 3. The number of allylic oxidation sites excluding steroid dienone is 2. The molecule has 1 unspecified atom stereocenters. The predicted octanol–water partition coefficient (Wildman–Crippen LogP) is 7.54. The van der Waals surface area contributed by atoms with Gasteiger partial charge in [0.25, 0.3) is 0 Å². The molecule has 0 aliphatic carbocycles. The molecule has 1 heterocycles. The largest absolute Gasteiger partial charge is 0.444 e. The molecule has 1 fully saturated rings. The van der Waals surface area contributed by atoms with Crippen molar-refractivity contribution in [2.24, 2.45) is 0 Å². The first-order valence-corrected chi connectivity index (χ1v) is 13.7. The minimum Gasteiger partial charge on any atom is -0.444 e. The summed E-state index contributed by atoms with van der Waals surface area (Å²) in [6.07, 6.45) is 23.3. The summed E-state index contributed by atoms with van der Waals surface area (Å²) < 4.78 is 5.49. The number of carbonyl (C=O) groups excluding carboxylic acids is 2. The third-order valence-corrected chi connectivity index (χ3v) is 6.21. The Hall–Kier alpha value is -1.52. The molecule has 1 aliphatic heterocycles. The van der Waals surface area contributed by atoms with Gasteiger partial charge in [-0.3, -0.25) is 4.79 Å². The zero-order valence-electron chi connectivity index (χ0n) is 22.1. The van der Waals surface area contributed by atoms with Gasteiger partial charge in [0.2, 0.25) is 5.91 Å². The highest BCUT2D eigenvalue weighted by molar-refractivity contribution is 5.76. The fraction of sp³-hybridized carbons (Fsp3) is 0.857. The van der Waals surface area contributed by atoms with Gasteiger partial charge in [-0.05, 0) is 65.7 Å². The first-order chi connectivity index (χ1) is 15.8. The molecule has 1 rings (SSSR count). The van der Waals surface area contributed by atoms with Crippen LogP contribution in [-0.2, 0) is 9.53 Å². The Morgan fingerprint density at radius 3 is 2.09 bits per heavy atom. The third-order valence-electron chi connectivity index (χ3n) is 6.21. The Bertz CT molecular complexity index is 554. The van der Waals surface area contributed by atoms with E-state index in [0.29, 0.717) is 19.5 Å². The molecule has 1 saturated heterocycles. The Morgan fingerprint density at radius 2 is 1.48 bits per heavy atom. The summed E-state index contributed by atoms with van der Waals surface area (Å²) >= 11 is 0. The van der Waals surface area contributed by atoms with E-state index < -0.39 is 5.60 Å². The first-order valence-electron chi connectivity index (χ1n) is 13.7. The van der Waals surface area contributed by atoms with Crippen molar-refractivity contribution >= 4 is 12.0 Å². The lowest BCUT2D eigenvalue weighted by atomic mass is 10.1. The fourth-order valence-electron chi connectivity index (χ4n) is 4.29. The standard InChI is InChI=1S/C28H52N2O3/c1-5-6-7-8-9-10-11-12-13-14-15-16-17-18-19-22-26(31)29-24-25-21-20-23-30(25)27(32)33-28(2,3)4/h12-13,25H,5-11,14-24H2,1-4H3,(H,29,31). The molecular weight excluding hydrogens is 412 g/mol. The summed E-state index contributed by atoms with van der Waals surface area (Å²) in [5, 5.41) is 3.02. The zero-order chi connectivity index (χ0) is 24.4. The van der Waals surface area contributed by atoms with Gasteiger partial charge in [-0.15, -0.1) is 0 Å². The minimum atomic E-state index is -0.489. The van der Waals surface area contributed by atoms with Gasteiger partial charge in [-0.25, -0.2) is 4.79 Å². The third kappa shape index (κ3) is 15.9. The average molecular weight is 465 g/mol. The smallest absolute Gasteiger partial charge is 0.410 e. The molecule has 0 spiro atoms. The van der Waals surface area contributed by atoms with E-state index in [0.717, 1.165) is 25.7 Å². The lowest BCUT2D eigenvalue weighted by Gasteiger charge is -2.28. The van der Waals surface area contributed by atoms with Crippen molar-refractivity contribution in [1.82, 2.24) is 10.2 Å². The van der Waals surface area contributed by atoms with Gasteiger partial charge in [0, 0.05) is 19.5 Å². The Morgan fingerprint density at radius 1 is 0.909 bits per heavy atom. The van der Waals surface area contributed by atoms with E-state index in [-0.39, 0.29) is 18.0 Å². The van der Waals surface area contributed by atoms with E-state index in [9.17, 15) is 9.59 Å². The van der Waals surface area contributed by atoms with Crippen molar-refractivity contribution in [3.05, 3.63) is 12.2 Å². The van der Waals surface area contributed by atoms with Crippen LogP contribution >= 0.6 is 0 Å². The molecule has 5 heteroatoms. The molecule has 0 saturated carbocycles. The summed E-state index contributed by atoms with van der Waals surface area (Å²) in [5.41, 5.74) is -0.489. The van der Waals surface area contributed by atoms with E-state index in [4.69, 9.17) is 4.74 Å². The normalized spacial score (nSPS) is 16.5. The highest BCUT2D eigenvalue weighted by Crippen LogP contribution is 2.20. The highest BCUT2D eigenvalue weighted by Gasteiger charge is 2.32. The maximum absolute atomic E-state index is 12.3. The van der Waals surface area contributed by atoms with Gasteiger partial charge in [0.15, 0.2) is 0 Å². The lowest BCUT2D eigenvalue weighted by Crippen LogP contribution is -2.45. The van der Waals surface area contributed by atoms with Crippen molar-refractivity contribution in [2.75, 3.05) is 13.1 Å². The molecule has 0 aromatic heterocycles. The van der Waals surface area contributed by atoms with E-state index in [2.05, 4.69) is 24.4 Å². The molecule has 1 N–H and O–H groups in total. The van der Waals surface area contributed by atoms with Gasteiger partial charge >= 0.3 is 6.09 Å². The van der Waals surface area contributed by atoms with Crippen LogP contribution in [0.15, 0.2) is 12.2 Å². The summed E-state index contributed by atoms with van der Waals surface area (Å²) in [7, 11) is 0. The van der Waals surface area contributed by atoms with Gasteiger partial charge < -0.3 is 15.0 Å². The molecule has 1 atom stereocenters. The van der Waals surface area contributed by atoms with Crippen LogP contribution in [0.1, 0.15) is 130 Å².